The molecule has 10 heteroatoms. The lowest BCUT2D eigenvalue weighted by atomic mass is 10.0. The highest BCUT2D eigenvalue weighted by Crippen LogP contribution is 2.19. The third kappa shape index (κ3) is 7.56. The van der Waals surface area contributed by atoms with Gasteiger partial charge in [-0.15, -0.1) is 0 Å². The van der Waals surface area contributed by atoms with E-state index in [1.807, 2.05) is 24.3 Å². The molecular weight excluding hydrogens is 404 g/mol. The van der Waals surface area contributed by atoms with Gasteiger partial charge in [0.15, 0.2) is 0 Å². The molecule has 0 aliphatic carbocycles. The number of nitro benzene ring substituents is 1. The standard InChI is InChI=1S/C21H27N4O6/c22-23-21(18-3-7-20(8-4-18)25(28)29)17-1-5-19(6-2-17)24(9-13-30-15-11-26)10-14-31-16-12-27/h1-8,22,26-27H,9-16H2/q+1. The van der Waals surface area contributed by atoms with Gasteiger partial charge in [0.05, 0.1) is 66.0 Å². The topological polar surface area (TPSA) is 143 Å². The van der Waals surface area contributed by atoms with E-state index in [0.29, 0.717) is 43.1 Å². The zero-order valence-electron chi connectivity index (χ0n) is 17.1. The summed E-state index contributed by atoms with van der Waals surface area (Å²) >= 11 is 0. The molecule has 0 aliphatic rings. The summed E-state index contributed by atoms with van der Waals surface area (Å²) in [4.78, 5) is 16.0. The zero-order chi connectivity index (χ0) is 22.5. The van der Waals surface area contributed by atoms with E-state index < -0.39 is 4.92 Å². The third-order valence-corrected chi connectivity index (χ3v) is 4.45. The molecule has 2 rings (SSSR count). The van der Waals surface area contributed by atoms with Crippen molar-refractivity contribution in [3.63, 3.8) is 0 Å². The van der Waals surface area contributed by atoms with Crippen LogP contribution in [0.2, 0.25) is 0 Å². The van der Waals surface area contributed by atoms with Crippen molar-refractivity contribution < 1.29 is 29.4 Å². The second kappa shape index (κ2) is 13.2. The monoisotopic (exact) mass is 431 g/mol. The summed E-state index contributed by atoms with van der Waals surface area (Å²) in [5.41, 5.74) is 10.2. The van der Waals surface area contributed by atoms with Gasteiger partial charge in [-0.1, -0.05) is 0 Å². The van der Waals surface area contributed by atoms with Gasteiger partial charge in [0.2, 0.25) is 0 Å². The third-order valence-electron chi connectivity index (χ3n) is 4.45. The lowest BCUT2D eigenvalue weighted by molar-refractivity contribution is -0.384. The second-order valence-corrected chi connectivity index (χ2v) is 6.47. The number of nitrogens with zero attached hydrogens (tertiary/aromatic N) is 3. The molecule has 3 N–H and O–H groups in total. The lowest BCUT2D eigenvalue weighted by Gasteiger charge is -2.25. The van der Waals surface area contributed by atoms with Gasteiger partial charge in [-0.25, -0.2) is 0 Å². The minimum Gasteiger partial charge on any atom is -0.394 e. The number of nitro groups is 1. The Kier molecular flexibility index (Phi) is 10.3. The molecular formula is C21H27N4O6+. The van der Waals surface area contributed by atoms with Crippen molar-refractivity contribution in [2.75, 3.05) is 57.6 Å². The average Bonchev–Trinajstić information content (AvgIpc) is 2.79. The van der Waals surface area contributed by atoms with Gasteiger partial charge in [0, 0.05) is 30.9 Å². The van der Waals surface area contributed by atoms with Crippen molar-refractivity contribution in [1.82, 2.24) is 0 Å². The molecule has 0 aliphatic heterocycles. The van der Waals surface area contributed by atoms with Gasteiger partial charge in [0.1, 0.15) is 0 Å². The molecule has 0 radical (unpaired) electrons. The minimum absolute atomic E-state index is 0.0223. The summed E-state index contributed by atoms with van der Waals surface area (Å²) in [7, 11) is 0. The van der Waals surface area contributed by atoms with Crippen LogP contribution in [0.15, 0.2) is 48.5 Å². The van der Waals surface area contributed by atoms with E-state index in [1.54, 1.807) is 12.1 Å². The average molecular weight is 431 g/mol. The molecule has 0 heterocycles. The van der Waals surface area contributed by atoms with Gasteiger partial charge in [-0.05, 0) is 36.4 Å². The van der Waals surface area contributed by atoms with Crippen molar-refractivity contribution in [2.24, 2.45) is 0 Å². The smallest absolute Gasteiger partial charge is 0.379 e. The predicted octanol–water partition coefficient (Wildman–Crippen LogP) is 1.50. The molecule has 31 heavy (non-hydrogen) atoms. The number of aliphatic hydroxyl groups excluding tert-OH is 2. The molecule has 10 nitrogen and oxygen atoms in total. The first-order chi connectivity index (χ1) is 15.1. The largest absolute Gasteiger partial charge is 0.394 e. The number of aliphatic hydroxyl groups is 2. The second-order valence-electron chi connectivity index (χ2n) is 6.47. The first-order valence-electron chi connectivity index (χ1n) is 9.82. The van der Waals surface area contributed by atoms with Crippen molar-refractivity contribution in [1.29, 1.82) is 5.53 Å². The number of ether oxygens (including phenoxy) is 2. The Hall–Kier alpha value is -3.14. The van der Waals surface area contributed by atoms with Crippen LogP contribution in [0.5, 0.6) is 0 Å². The number of hydrogen-bond donors (Lipinski definition) is 3. The summed E-state index contributed by atoms with van der Waals surface area (Å²) in [5.74, 6) is 0. The van der Waals surface area contributed by atoms with E-state index >= 15 is 0 Å². The van der Waals surface area contributed by atoms with Gasteiger partial charge in [-0.2, -0.15) is 0 Å². The maximum atomic E-state index is 10.8. The number of non-ortho nitro benzene ring substituents is 1. The van der Waals surface area contributed by atoms with Crippen LogP contribution in [0.3, 0.4) is 0 Å². The van der Waals surface area contributed by atoms with Crippen LogP contribution < -0.4 is 4.90 Å². The van der Waals surface area contributed by atoms with Gasteiger partial charge >= 0.3 is 5.71 Å². The number of hydrogen-bond acceptors (Lipinski definition) is 8. The minimum atomic E-state index is -0.473. The molecule has 0 bridgehead atoms. The summed E-state index contributed by atoms with van der Waals surface area (Å²) in [6.45, 7) is 2.51. The molecule has 2 aromatic carbocycles. The van der Waals surface area contributed by atoms with E-state index in [4.69, 9.17) is 25.2 Å². The fourth-order valence-electron chi connectivity index (χ4n) is 2.92. The van der Waals surface area contributed by atoms with Crippen LogP contribution >= 0.6 is 0 Å². The number of nitrogens with one attached hydrogen (secondary N) is 1. The molecule has 0 fully saturated rings. The van der Waals surface area contributed by atoms with E-state index in [-0.39, 0.29) is 32.1 Å². The van der Waals surface area contributed by atoms with Crippen LogP contribution in [0.4, 0.5) is 11.4 Å². The number of benzene rings is 2. The van der Waals surface area contributed by atoms with Crippen LogP contribution in [-0.2, 0) is 9.47 Å². The normalized spacial score (nSPS) is 10.5. The fourth-order valence-corrected chi connectivity index (χ4v) is 2.92. The molecule has 0 saturated carbocycles. The molecule has 0 atom stereocenters. The highest BCUT2D eigenvalue weighted by Gasteiger charge is 2.19. The number of anilines is 1. The lowest BCUT2D eigenvalue weighted by Crippen LogP contribution is -2.31. The molecule has 2 aromatic rings. The van der Waals surface area contributed by atoms with Crippen molar-refractivity contribution in [3.05, 3.63) is 69.8 Å². The molecule has 0 saturated heterocycles. The molecule has 0 spiro atoms. The van der Waals surface area contributed by atoms with E-state index in [2.05, 4.69) is 9.69 Å². The van der Waals surface area contributed by atoms with Crippen molar-refractivity contribution in [3.8, 4) is 0 Å². The maximum Gasteiger partial charge on any atom is 0.379 e. The van der Waals surface area contributed by atoms with E-state index in [1.165, 1.54) is 12.1 Å². The highest BCUT2D eigenvalue weighted by molar-refractivity contribution is 6.09. The fraction of sp³-hybridized carbons (Fsp3) is 0.381. The van der Waals surface area contributed by atoms with Gasteiger partial charge in [-0.3, -0.25) is 10.1 Å². The van der Waals surface area contributed by atoms with Crippen LogP contribution in [0.1, 0.15) is 11.1 Å². The Morgan fingerprint density at radius 3 is 1.81 bits per heavy atom. The molecule has 0 unspecified atom stereocenters. The van der Waals surface area contributed by atoms with Crippen molar-refractivity contribution in [2.45, 2.75) is 0 Å². The maximum absolute atomic E-state index is 10.8. The zero-order valence-corrected chi connectivity index (χ0v) is 17.1. The first kappa shape index (κ1) is 24.1. The van der Waals surface area contributed by atoms with Crippen LogP contribution in [0, 0.1) is 15.6 Å². The molecule has 0 amide bonds. The summed E-state index contributed by atoms with van der Waals surface area (Å²) in [5, 5.41) is 28.5. The predicted molar refractivity (Wildman–Crippen MR) is 114 cm³/mol. The summed E-state index contributed by atoms with van der Waals surface area (Å²) in [6.07, 6.45) is 0. The highest BCUT2D eigenvalue weighted by atomic mass is 16.6. The van der Waals surface area contributed by atoms with Crippen LogP contribution in [0.25, 0.3) is 0 Å². The Balaban J connectivity index is 2.13. The van der Waals surface area contributed by atoms with Gasteiger partial charge in [0.25, 0.3) is 5.69 Å². The van der Waals surface area contributed by atoms with E-state index in [9.17, 15) is 10.1 Å². The summed E-state index contributed by atoms with van der Waals surface area (Å²) < 4.78 is 10.7. The Labute approximate surface area is 180 Å². The van der Waals surface area contributed by atoms with E-state index in [0.717, 1.165) is 5.69 Å². The quantitative estimate of drug-likeness (QED) is 0.103. The Morgan fingerprint density at radius 1 is 0.903 bits per heavy atom. The molecule has 166 valence electrons. The summed E-state index contributed by atoms with van der Waals surface area (Å²) in [6, 6.07) is 13.4. The Morgan fingerprint density at radius 2 is 1.39 bits per heavy atom. The SMILES string of the molecule is N=[N+]=C(c1ccc(N(CCOCCO)CCOCCO)cc1)c1ccc([N+](=O)[O-])cc1. The van der Waals surface area contributed by atoms with Crippen molar-refractivity contribution >= 4 is 17.1 Å². The molecule has 0 aromatic heterocycles. The first-order valence-corrected chi connectivity index (χ1v) is 9.82. The Bertz CT molecular complexity index is 854. The van der Waals surface area contributed by atoms with Crippen LogP contribution in [-0.4, -0.2) is 78.4 Å². The van der Waals surface area contributed by atoms with Gasteiger partial charge < -0.3 is 24.6 Å². The number of rotatable bonds is 14.